The molecule has 0 bridgehead atoms. The van der Waals surface area contributed by atoms with Gasteiger partial charge in [-0.05, 0) is 139 Å². The van der Waals surface area contributed by atoms with E-state index >= 15 is 0 Å². The summed E-state index contributed by atoms with van der Waals surface area (Å²) < 4.78 is 0. The predicted octanol–water partition coefficient (Wildman–Crippen LogP) is 6.25. The Labute approximate surface area is 492 Å². The Hall–Kier alpha value is -8.62. The molecule has 2 heterocycles. The number of anilines is 2. The summed E-state index contributed by atoms with van der Waals surface area (Å²) in [6.45, 7) is 4.73. The van der Waals surface area contributed by atoms with Gasteiger partial charge in [0.15, 0.2) is 0 Å². The van der Waals surface area contributed by atoms with Crippen LogP contribution in [0.5, 0.6) is 0 Å². The minimum atomic E-state index is -0.885. The molecule has 0 radical (unpaired) electrons. The molecule has 0 aromatic heterocycles. The molecule has 20 heteroatoms. The first-order chi connectivity index (χ1) is 40.7. The molecule has 0 unspecified atom stereocenters. The normalized spacial score (nSPS) is 16.2. The van der Waals surface area contributed by atoms with Crippen LogP contribution >= 0.6 is 0 Å². The van der Waals surface area contributed by atoms with Gasteiger partial charge in [0.25, 0.3) is 0 Å². The van der Waals surface area contributed by atoms with Gasteiger partial charge in [-0.25, -0.2) is 9.59 Å². The van der Waals surface area contributed by atoms with Gasteiger partial charge >= 0.3 is 12.1 Å². The summed E-state index contributed by atoms with van der Waals surface area (Å²) in [5, 5.41) is 29.3. The molecule has 446 valence electrons. The summed E-state index contributed by atoms with van der Waals surface area (Å²) in [4.78, 5) is 112. The molecule has 0 saturated carbocycles. The van der Waals surface area contributed by atoms with Gasteiger partial charge in [-0.3, -0.25) is 28.8 Å². The van der Waals surface area contributed by atoms with E-state index in [9.17, 15) is 38.4 Å². The zero-order valence-corrected chi connectivity index (χ0v) is 48.5. The lowest BCUT2D eigenvalue weighted by Gasteiger charge is -2.30. The number of benzene rings is 5. The first kappa shape index (κ1) is 63.0. The largest absolute Gasteiger partial charge is 0.343 e. The third-order valence-corrected chi connectivity index (χ3v) is 15.5. The summed E-state index contributed by atoms with van der Waals surface area (Å²) in [7, 11) is 3.32. The second-order valence-corrected chi connectivity index (χ2v) is 21.4. The average Bonchev–Trinajstić information content (AvgIpc) is 4.43. The molecule has 7 rings (SSSR count). The molecular weight excluding hydrogens is 1060 g/mol. The summed E-state index contributed by atoms with van der Waals surface area (Å²) in [5.74, 6) is -1.86. The number of unbranched alkanes of at least 4 members (excludes halogenated alkanes) is 2. The first-order valence-electron chi connectivity index (χ1n) is 29.3. The third-order valence-electron chi connectivity index (χ3n) is 15.5. The number of nitrogens with one attached hydrogen (secondary N) is 10. The van der Waals surface area contributed by atoms with Crippen LogP contribution < -0.4 is 53.2 Å². The average molecular weight is 1150 g/mol. The molecule has 10 amide bonds. The fourth-order valence-electron chi connectivity index (χ4n) is 10.5. The van der Waals surface area contributed by atoms with Gasteiger partial charge < -0.3 is 63.0 Å². The molecule has 0 aliphatic carbocycles. The second kappa shape index (κ2) is 32.3. The second-order valence-electron chi connectivity index (χ2n) is 21.4. The lowest BCUT2D eigenvalue weighted by Crippen LogP contribution is -2.55. The van der Waals surface area contributed by atoms with Crippen LogP contribution in [0.25, 0.3) is 0 Å². The van der Waals surface area contributed by atoms with E-state index < -0.39 is 60.4 Å². The van der Waals surface area contributed by atoms with Crippen LogP contribution in [0, 0.1) is 0 Å². The highest BCUT2D eigenvalue weighted by Gasteiger charge is 2.40. The fourth-order valence-corrected chi connectivity index (χ4v) is 10.5. The van der Waals surface area contributed by atoms with E-state index in [1.165, 1.54) is 0 Å². The van der Waals surface area contributed by atoms with Gasteiger partial charge in [-0.15, -0.1) is 0 Å². The number of urea groups is 2. The predicted molar refractivity (Wildman–Crippen MR) is 324 cm³/mol. The topological polar surface area (TPSA) is 263 Å². The van der Waals surface area contributed by atoms with Crippen LogP contribution in [0.4, 0.5) is 21.0 Å². The highest BCUT2D eigenvalue weighted by molar-refractivity contribution is 5.95. The van der Waals surface area contributed by atoms with Crippen molar-refractivity contribution in [3.8, 4) is 0 Å². The van der Waals surface area contributed by atoms with E-state index in [1.807, 2.05) is 121 Å². The van der Waals surface area contributed by atoms with E-state index in [1.54, 1.807) is 62.0 Å². The molecular formula is C64H82N12O8. The molecule has 6 atom stereocenters. The summed E-state index contributed by atoms with van der Waals surface area (Å²) in [5.41, 5.74) is 4.63. The van der Waals surface area contributed by atoms with E-state index in [0.717, 1.165) is 22.3 Å². The maximum Gasteiger partial charge on any atom is 0.319 e. The molecule has 2 aliphatic heterocycles. The van der Waals surface area contributed by atoms with Gasteiger partial charge in [-0.1, -0.05) is 121 Å². The molecule has 2 saturated heterocycles. The van der Waals surface area contributed by atoms with Crippen molar-refractivity contribution >= 4 is 58.9 Å². The Morgan fingerprint density at radius 1 is 0.440 bits per heavy atom. The van der Waals surface area contributed by atoms with Gasteiger partial charge in [0.05, 0.1) is 24.2 Å². The zero-order valence-electron chi connectivity index (χ0n) is 48.5. The van der Waals surface area contributed by atoms with E-state index in [2.05, 4.69) is 53.2 Å². The number of likely N-dealkylation sites (tertiary alicyclic amines) is 2. The molecule has 10 N–H and O–H groups in total. The van der Waals surface area contributed by atoms with Crippen LogP contribution in [0.2, 0.25) is 0 Å². The summed E-state index contributed by atoms with van der Waals surface area (Å²) >= 11 is 0. The number of hydrogen-bond acceptors (Lipinski definition) is 10. The molecule has 2 aliphatic rings. The molecule has 20 nitrogen and oxygen atoms in total. The zero-order chi connectivity index (χ0) is 59.8. The minimum Gasteiger partial charge on any atom is -0.343 e. The van der Waals surface area contributed by atoms with Crippen LogP contribution in [0.15, 0.2) is 146 Å². The van der Waals surface area contributed by atoms with Gasteiger partial charge in [-0.2, -0.15) is 0 Å². The van der Waals surface area contributed by atoms with Crippen LogP contribution in [-0.2, 0) is 28.8 Å². The third kappa shape index (κ3) is 18.2. The van der Waals surface area contributed by atoms with Crippen molar-refractivity contribution in [3.63, 3.8) is 0 Å². The summed E-state index contributed by atoms with van der Waals surface area (Å²) in [6, 6.07) is 39.3. The molecule has 5 aromatic carbocycles. The molecule has 2 fully saturated rings. The van der Waals surface area contributed by atoms with Gasteiger partial charge in [0.2, 0.25) is 35.4 Å². The SMILES string of the molecule is CN[C@@H](C)C(=O)N[C@@H](CCCCNC(=O)Nc1ccc(NC(=O)NCCCC[C@H](NC(=O)[C@H](C)NC)C(=O)N2CCC[C@H]2C(=O)NC(c2ccccc2)c2ccccc2)cc1)C(=O)N1CCC[C@H]1C(=O)NC(c1ccccc1)c1ccccc1. The Kier molecular flexibility index (Phi) is 24.2. The monoisotopic (exact) mass is 1150 g/mol. The highest BCUT2D eigenvalue weighted by Crippen LogP contribution is 2.28. The van der Waals surface area contributed by atoms with Crippen LogP contribution in [0.1, 0.15) is 112 Å². The van der Waals surface area contributed by atoms with Crippen molar-refractivity contribution in [2.24, 2.45) is 0 Å². The van der Waals surface area contributed by atoms with Crippen molar-refractivity contribution in [1.29, 1.82) is 0 Å². The number of nitrogens with zero attached hydrogens (tertiary/aromatic N) is 2. The molecule has 0 spiro atoms. The number of carbonyl (C=O) groups excluding carboxylic acids is 8. The van der Waals surface area contributed by atoms with Crippen molar-refractivity contribution < 1.29 is 38.4 Å². The number of amides is 10. The van der Waals surface area contributed by atoms with Gasteiger partial charge in [0.1, 0.15) is 24.2 Å². The minimum absolute atomic E-state index is 0.265. The number of rotatable bonds is 28. The Morgan fingerprint density at radius 2 is 0.762 bits per heavy atom. The quantitative estimate of drug-likeness (QED) is 0.0252. The van der Waals surface area contributed by atoms with Crippen molar-refractivity contribution in [2.45, 2.75) is 126 Å². The van der Waals surface area contributed by atoms with Gasteiger partial charge in [0, 0.05) is 37.6 Å². The standard InChI is InChI=1S/C64H82N12O8/c1-43(65-3)57(77)71-51(61(81)75-41-21-33-53(75)59(79)73-55(45-23-9-5-10-24-45)46-25-11-6-12-26-46)31-17-19-39-67-63(83)69-49-35-37-50(38-36-49)70-64(84)68-40-20-18-32-52(72-58(78)44(2)66-4)62(82)76-42-22-34-54(76)60(80)74-56(47-27-13-7-14-28-47)48-29-15-8-16-30-48/h5-16,23-30,35-38,43-44,51-56,65-66H,17-22,31-34,39-42H2,1-4H3,(H,71,77)(H,72,78)(H,73,79)(H,74,80)(H2,67,69,83)(H2,68,70,84)/t43-,44-,51-,52-,53-,54-/m0/s1. The van der Waals surface area contributed by atoms with Crippen molar-refractivity contribution in [1.82, 2.24) is 52.3 Å². The summed E-state index contributed by atoms with van der Waals surface area (Å²) in [6.07, 6.45) is 4.83. The number of likely N-dealkylation sites (N-methyl/N-ethyl adjacent to an activating group) is 2. The highest BCUT2D eigenvalue weighted by atomic mass is 16.2. The van der Waals surface area contributed by atoms with Crippen LogP contribution in [-0.4, -0.2) is 134 Å². The maximum atomic E-state index is 14.3. The number of carbonyl (C=O) groups is 8. The van der Waals surface area contributed by atoms with Crippen LogP contribution in [0.3, 0.4) is 0 Å². The van der Waals surface area contributed by atoms with E-state index in [4.69, 9.17) is 0 Å². The number of hydrogen-bond donors (Lipinski definition) is 10. The lowest BCUT2D eigenvalue weighted by atomic mass is 9.98. The Bertz CT molecular complexity index is 2660. The lowest BCUT2D eigenvalue weighted by molar-refractivity contribution is -0.142. The van der Waals surface area contributed by atoms with E-state index in [0.29, 0.717) is 88.7 Å². The van der Waals surface area contributed by atoms with Crippen molar-refractivity contribution in [2.75, 3.05) is 50.9 Å². The molecule has 5 aromatic rings. The Balaban J connectivity index is 0.834. The smallest absolute Gasteiger partial charge is 0.319 e. The first-order valence-corrected chi connectivity index (χ1v) is 29.3. The molecule has 84 heavy (non-hydrogen) atoms. The maximum absolute atomic E-state index is 14.3. The fraction of sp³-hybridized carbons (Fsp3) is 0.406. The van der Waals surface area contributed by atoms with Crippen molar-refractivity contribution in [3.05, 3.63) is 168 Å². The Morgan fingerprint density at radius 3 is 1.07 bits per heavy atom. The van der Waals surface area contributed by atoms with E-state index in [-0.39, 0.29) is 48.5 Å².